The number of nitrogens with zero attached hydrogens (tertiary/aromatic N) is 4. The molecule has 2 heterocycles. The van der Waals surface area contributed by atoms with E-state index < -0.39 is 0 Å². The van der Waals surface area contributed by atoms with Crippen molar-refractivity contribution in [2.75, 3.05) is 12.3 Å². The van der Waals surface area contributed by atoms with Crippen LogP contribution in [0, 0.1) is 0 Å². The van der Waals surface area contributed by atoms with Crippen LogP contribution in [0.25, 0.3) is 5.78 Å². The number of rotatable bonds is 3. The van der Waals surface area contributed by atoms with Crippen LogP contribution in [0.15, 0.2) is 6.07 Å². The van der Waals surface area contributed by atoms with Gasteiger partial charge in [0.05, 0.1) is 12.3 Å². The third-order valence-electron chi connectivity index (χ3n) is 2.21. The second-order valence-corrected chi connectivity index (χ2v) is 3.80. The van der Waals surface area contributed by atoms with Crippen LogP contribution in [0.3, 0.4) is 0 Å². The first kappa shape index (κ1) is 13.5. The van der Waals surface area contributed by atoms with E-state index >= 15 is 0 Å². The number of fused-ring (bicyclic) bond motifs is 1. The van der Waals surface area contributed by atoms with Gasteiger partial charge in [-0.25, -0.2) is 4.98 Å². The third kappa shape index (κ3) is 2.58. The van der Waals surface area contributed by atoms with Gasteiger partial charge in [-0.15, -0.1) is 17.5 Å². The Hall–Kier alpha value is -1.56. The second-order valence-electron chi connectivity index (χ2n) is 3.80. The predicted molar refractivity (Wildman–Crippen MR) is 67.7 cm³/mol. The van der Waals surface area contributed by atoms with E-state index in [-0.39, 0.29) is 12.4 Å². The molecule has 0 aliphatic carbocycles. The van der Waals surface area contributed by atoms with E-state index in [1.807, 2.05) is 13.0 Å². The Bertz CT molecular complexity index is 511. The summed E-state index contributed by atoms with van der Waals surface area (Å²) in [6.07, 6.45) is 0. The van der Waals surface area contributed by atoms with E-state index in [4.69, 9.17) is 10.5 Å². The molecule has 0 bridgehead atoms. The number of nitrogens with two attached hydrogens (primary N) is 1. The van der Waals surface area contributed by atoms with E-state index in [0.717, 1.165) is 5.69 Å². The van der Waals surface area contributed by atoms with E-state index in [0.29, 0.717) is 30.1 Å². The molecule has 7 heteroatoms. The fraction of sp³-hybridized carbons (Fsp3) is 0.500. The lowest BCUT2D eigenvalue weighted by molar-refractivity contribution is 0.313. The highest BCUT2D eigenvalue weighted by Crippen LogP contribution is 2.17. The van der Waals surface area contributed by atoms with E-state index in [2.05, 4.69) is 28.9 Å². The Morgan fingerprint density at radius 2 is 2.12 bits per heavy atom. The van der Waals surface area contributed by atoms with Gasteiger partial charge in [0.1, 0.15) is 5.82 Å². The smallest absolute Gasteiger partial charge is 0.337 e. The average molecular weight is 258 g/mol. The van der Waals surface area contributed by atoms with Crippen molar-refractivity contribution in [2.45, 2.75) is 26.7 Å². The fourth-order valence-electron chi connectivity index (χ4n) is 1.38. The minimum absolute atomic E-state index is 0. The number of halogens is 1. The molecule has 0 spiro atoms. The molecule has 0 amide bonds. The largest absolute Gasteiger partial charge is 0.463 e. The Morgan fingerprint density at radius 3 is 2.71 bits per heavy atom. The molecule has 0 aromatic carbocycles. The molecular formula is C10H16ClN5O. The van der Waals surface area contributed by atoms with Gasteiger partial charge >= 0.3 is 6.01 Å². The van der Waals surface area contributed by atoms with Crippen LogP contribution >= 0.6 is 12.4 Å². The number of nitrogen functional groups attached to an aromatic ring is 1. The van der Waals surface area contributed by atoms with Crippen LogP contribution < -0.4 is 10.5 Å². The molecule has 0 unspecified atom stereocenters. The molecule has 0 atom stereocenters. The molecule has 2 N–H and O–H groups in total. The van der Waals surface area contributed by atoms with Gasteiger partial charge < -0.3 is 10.5 Å². The summed E-state index contributed by atoms with van der Waals surface area (Å²) in [7, 11) is 0. The molecule has 0 aliphatic heterocycles. The van der Waals surface area contributed by atoms with Gasteiger partial charge in [0.2, 0.25) is 0 Å². The molecule has 0 saturated heterocycles. The van der Waals surface area contributed by atoms with Gasteiger partial charge in [0.25, 0.3) is 5.78 Å². The van der Waals surface area contributed by atoms with Crippen LogP contribution in [0.2, 0.25) is 0 Å². The van der Waals surface area contributed by atoms with Gasteiger partial charge in [-0.1, -0.05) is 13.8 Å². The fourth-order valence-corrected chi connectivity index (χ4v) is 1.38. The van der Waals surface area contributed by atoms with Crippen molar-refractivity contribution in [3.8, 4) is 6.01 Å². The minimum Gasteiger partial charge on any atom is -0.463 e. The molecule has 0 aliphatic rings. The summed E-state index contributed by atoms with van der Waals surface area (Å²) in [4.78, 5) is 8.51. The third-order valence-corrected chi connectivity index (χ3v) is 2.21. The Kier molecular flexibility index (Phi) is 4.11. The quantitative estimate of drug-likeness (QED) is 0.905. The van der Waals surface area contributed by atoms with Gasteiger partial charge in [-0.05, 0) is 12.8 Å². The van der Waals surface area contributed by atoms with Gasteiger partial charge in [-0.2, -0.15) is 9.50 Å². The topological polar surface area (TPSA) is 78.3 Å². The lowest BCUT2D eigenvalue weighted by atomic mass is 10.1. The lowest BCUT2D eigenvalue weighted by Crippen LogP contribution is -2.04. The Labute approximate surface area is 106 Å². The SMILES string of the molecule is CCOc1nc2nc(C(C)C)cc(N)n2n1.Cl. The standard InChI is InChI=1S/C10H15N5O.ClH/c1-4-16-10-13-9-12-7(6(2)3)5-8(11)15(9)14-10;/h5-6H,4,11H2,1-3H3;1H. The van der Waals surface area contributed by atoms with Gasteiger partial charge in [0, 0.05) is 6.07 Å². The summed E-state index contributed by atoms with van der Waals surface area (Å²) in [6.45, 7) is 6.51. The summed E-state index contributed by atoms with van der Waals surface area (Å²) in [5, 5.41) is 4.10. The number of ether oxygens (including phenoxy) is 1. The van der Waals surface area contributed by atoms with Crippen molar-refractivity contribution >= 4 is 24.0 Å². The predicted octanol–water partition coefficient (Wildman–Crippen LogP) is 1.65. The first-order valence-corrected chi connectivity index (χ1v) is 5.27. The maximum absolute atomic E-state index is 5.87. The maximum Gasteiger partial charge on any atom is 0.337 e. The van der Waals surface area contributed by atoms with Crippen LogP contribution in [0.1, 0.15) is 32.4 Å². The molecule has 6 nitrogen and oxygen atoms in total. The number of hydrogen-bond acceptors (Lipinski definition) is 5. The summed E-state index contributed by atoms with van der Waals surface area (Å²) in [5.74, 6) is 1.30. The van der Waals surface area contributed by atoms with Gasteiger partial charge in [-0.3, -0.25) is 0 Å². The zero-order valence-electron chi connectivity index (χ0n) is 10.0. The molecule has 94 valence electrons. The van der Waals surface area contributed by atoms with Crippen molar-refractivity contribution in [3.05, 3.63) is 11.8 Å². The van der Waals surface area contributed by atoms with Crippen LogP contribution in [0.4, 0.5) is 5.82 Å². The average Bonchev–Trinajstić information content (AvgIpc) is 2.61. The Morgan fingerprint density at radius 1 is 1.41 bits per heavy atom. The maximum atomic E-state index is 5.87. The normalized spacial score (nSPS) is 10.6. The van der Waals surface area contributed by atoms with E-state index in [9.17, 15) is 0 Å². The number of anilines is 1. The summed E-state index contributed by atoms with van der Waals surface area (Å²) >= 11 is 0. The van der Waals surface area contributed by atoms with Crippen LogP contribution in [-0.4, -0.2) is 26.2 Å². The molecule has 0 radical (unpaired) electrons. The summed E-state index contributed by atoms with van der Waals surface area (Å²) in [6, 6.07) is 2.12. The highest BCUT2D eigenvalue weighted by molar-refractivity contribution is 5.85. The molecule has 0 saturated carbocycles. The first-order valence-electron chi connectivity index (χ1n) is 5.27. The van der Waals surface area contributed by atoms with Crippen molar-refractivity contribution in [3.63, 3.8) is 0 Å². The van der Waals surface area contributed by atoms with Crippen LogP contribution in [-0.2, 0) is 0 Å². The van der Waals surface area contributed by atoms with Gasteiger partial charge in [0.15, 0.2) is 0 Å². The monoisotopic (exact) mass is 257 g/mol. The highest BCUT2D eigenvalue weighted by Gasteiger charge is 2.11. The summed E-state index contributed by atoms with van der Waals surface area (Å²) < 4.78 is 6.69. The molecule has 17 heavy (non-hydrogen) atoms. The van der Waals surface area contributed by atoms with Crippen molar-refractivity contribution in [2.24, 2.45) is 0 Å². The highest BCUT2D eigenvalue weighted by atomic mass is 35.5. The molecule has 0 fully saturated rings. The van der Waals surface area contributed by atoms with Crippen molar-refractivity contribution in [1.82, 2.24) is 19.6 Å². The van der Waals surface area contributed by atoms with Crippen molar-refractivity contribution < 1.29 is 4.74 Å². The number of aromatic nitrogens is 4. The van der Waals surface area contributed by atoms with E-state index in [1.165, 1.54) is 4.52 Å². The first-order chi connectivity index (χ1) is 7.61. The zero-order chi connectivity index (χ0) is 11.7. The second kappa shape index (κ2) is 5.18. The Balaban J connectivity index is 0.00000144. The van der Waals surface area contributed by atoms with E-state index in [1.54, 1.807) is 0 Å². The van der Waals surface area contributed by atoms with Crippen LogP contribution in [0.5, 0.6) is 6.01 Å². The summed E-state index contributed by atoms with van der Waals surface area (Å²) in [5.41, 5.74) is 6.77. The minimum atomic E-state index is 0. The molecular weight excluding hydrogens is 242 g/mol. The number of hydrogen-bond donors (Lipinski definition) is 1. The molecule has 2 aromatic rings. The molecule has 2 aromatic heterocycles. The lowest BCUT2D eigenvalue weighted by Gasteiger charge is -2.05. The van der Waals surface area contributed by atoms with Crippen molar-refractivity contribution in [1.29, 1.82) is 0 Å². The zero-order valence-corrected chi connectivity index (χ0v) is 10.9. The molecule has 2 rings (SSSR count).